The molecule has 0 radical (unpaired) electrons. The standard InChI is InChI=1S/C15H21F2NO3/c1-9(2)8-12(14(19)20)18-10(3)11-6-4-5-7-13(11)21-15(16)17/h4-7,9-10,12,15,18H,8H2,1-3H3,(H,19,20). The Morgan fingerprint density at radius 3 is 2.43 bits per heavy atom. The average molecular weight is 301 g/mol. The van der Waals surface area contributed by atoms with Gasteiger partial charge in [-0.2, -0.15) is 8.78 Å². The van der Waals surface area contributed by atoms with Crippen molar-refractivity contribution >= 4 is 5.97 Å². The number of hydrogen-bond donors (Lipinski definition) is 2. The Morgan fingerprint density at radius 2 is 1.90 bits per heavy atom. The van der Waals surface area contributed by atoms with E-state index >= 15 is 0 Å². The Morgan fingerprint density at radius 1 is 1.29 bits per heavy atom. The second kappa shape index (κ2) is 7.93. The third kappa shape index (κ3) is 5.67. The largest absolute Gasteiger partial charge is 0.480 e. The number of nitrogens with one attached hydrogen (secondary N) is 1. The van der Waals surface area contributed by atoms with Gasteiger partial charge in [-0.05, 0) is 25.3 Å². The zero-order chi connectivity index (χ0) is 16.0. The molecular formula is C15H21F2NO3. The zero-order valence-corrected chi connectivity index (χ0v) is 12.3. The molecule has 0 fully saturated rings. The first-order chi connectivity index (χ1) is 9.81. The van der Waals surface area contributed by atoms with E-state index in [1.807, 2.05) is 13.8 Å². The number of benzene rings is 1. The van der Waals surface area contributed by atoms with Crippen LogP contribution < -0.4 is 10.1 Å². The maximum atomic E-state index is 12.4. The van der Waals surface area contributed by atoms with Gasteiger partial charge in [-0.25, -0.2) is 0 Å². The average Bonchev–Trinajstić information content (AvgIpc) is 2.37. The van der Waals surface area contributed by atoms with Crippen LogP contribution in [0.15, 0.2) is 24.3 Å². The molecule has 2 unspecified atom stereocenters. The molecule has 1 aromatic carbocycles. The van der Waals surface area contributed by atoms with E-state index in [4.69, 9.17) is 0 Å². The van der Waals surface area contributed by atoms with Crippen LogP contribution in [0.5, 0.6) is 5.75 Å². The topological polar surface area (TPSA) is 58.6 Å². The second-order valence-electron chi connectivity index (χ2n) is 5.33. The first kappa shape index (κ1) is 17.4. The molecule has 0 aliphatic carbocycles. The van der Waals surface area contributed by atoms with Gasteiger partial charge < -0.3 is 9.84 Å². The van der Waals surface area contributed by atoms with E-state index in [0.717, 1.165) is 0 Å². The van der Waals surface area contributed by atoms with Crippen molar-refractivity contribution in [1.82, 2.24) is 5.32 Å². The Balaban J connectivity index is 2.87. The quantitative estimate of drug-likeness (QED) is 0.772. The fourth-order valence-corrected chi connectivity index (χ4v) is 2.14. The summed E-state index contributed by atoms with van der Waals surface area (Å²) in [5.41, 5.74) is 0.507. The third-order valence-electron chi connectivity index (χ3n) is 3.06. The molecule has 0 heterocycles. The smallest absolute Gasteiger partial charge is 0.387 e. The van der Waals surface area contributed by atoms with Gasteiger partial charge in [-0.1, -0.05) is 32.0 Å². The fourth-order valence-electron chi connectivity index (χ4n) is 2.14. The predicted octanol–water partition coefficient (Wildman–Crippen LogP) is 3.44. The fraction of sp³-hybridized carbons (Fsp3) is 0.533. The van der Waals surface area contributed by atoms with Gasteiger partial charge in [-0.3, -0.25) is 10.1 Å². The van der Waals surface area contributed by atoms with E-state index in [9.17, 15) is 18.7 Å². The molecular weight excluding hydrogens is 280 g/mol. The number of aliphatic carboxylic acids is 1. The molecule has 0 aliphatic heterocycles. The Kier molecular flexibility index (Phi) is 6.55. The Bertz CT molecular complexity index is 466. The lowest BCUT2D eigenvalue weighted by Gasteiger charge is -2.23. The van der Waals surface area contributed by atoms with Crippen LogP contribution in [0, 0.1) is 5.92 Å². The van der Waals surface area contributed by atoms with Crippen molar-refractivity contribution in [3.63, 3.8) is 0 Å². The van der Waals surface area contributed by atoms with Gasteiger partial charge in [0, 0.05) is 11.6 Å². The second-order valence-corrected chi connectivity index (χ2v) is 5.33. The summed E-state index contributed by atoms with van der Waals surface area (Å²) in [5, 5.41) is 12.2. The van der Waals surface area contributed by atoms with Crippen LogP contribution in [0.1, 0.15) is 38.8 Å². The van der Waals surface area contributed by atoms with Crippen LogP contribution in [-0.2, 0) is 4.79 Å². The molecule has 0 saturated heterocycles. The maximum Gasteiger partial charge on any atom is 0.387 e. The van der Waals surface area contributed by atoms with E-state index < -0.39 is 24.7 Å². The number of hydrogen-bond acceptors (Lipinski definition) is 3. The maximum absolute atomic E-state index is 12.4. The van der Waals surface area contributed by atoms with Gasteiger partial charge in [0.05, 0.1) is 0 Å². The third-order valence-corrected chi connectivity index (χ3v) is 3.06. The molecule has 118 valence electrons. The van der Waals surface area contributed by atoms with Gasteiger partial charge in [0.25, 0.3) is 0 Å². The predicted molar refractivity (Wildman–Crippen MR) is 75.5 cm³/mol. The first-order valence-electron chi connectivity index (χ1n) is 6.83. The number of ether oxygens (including phenoxy) is 1. The summed E-state index contributed by atoms with van der Waals surface area (Å²) in [7, 11) is 0. The molecule has 0 aromatic heterocycles. The summed E-state index contributed by atoms with van der Waals surface area (Å²) in [6.45, 7) is 2.67. The minimum Gasteiger partial charge on any atom is -0.480 e. The van der Waals surface area contributed by atoms with Crippen LogP contribution in [0.2, 0.25) is 0 Å². The monoisotopic (exact) mass is 301 g/mol. The van der Waals surface area contributed by atoms with Gasteiger partial charge in [0.2, 0.25) is 0 Å². The van der Waals surface area contributed by atoms with Crippen molar-refractivity contribution in [2.24, 2.45) is 5.92 Å². The summed E-state index contributed by atoms with van der Waals surface area (Å²) < 4.78 is 29.2. The summed E-state index contributed by atoms with van der Waals surface area (Å²) >= 11 is 0. The van der Waals surface area contributed by atoms with E-state index in [1.165, 1.54) is 6.07 Å². The number of carbonyl (C=O) groups is 1. The van der Waals surface area contributed by atoms with Crippen molar-refractivity contribution in [3.05, 3.63) is 29.8 Å². The van der Waals surface area contributed by atoms with Gasteiger partial charge in [0.15, 0.2) is 0 Å². The molecule has 6 heteroatoms. The molecule has 1 rings (SSSR count). The van der Waals surface area contributed by atoms with Gasteiger partial charge in [0.1, 0.15) is 11.8 Å². The highest BCUT2D eigenvalue weighted by Gasteiger charge is 2.23. The first-order valence-corrected chi connectivity index (χ1v) is 6.83. The highest BCUT2D eigenvalue weighted by atomic mass is 19.3. The number of carboxylic acids is 1. The van der Waals surface area contributed by atoms with Crippen LogP contribution >= 0.6 is 0 Å². The molecule has 2 N–H and O–H groups in total. The molecule has 21 heavy (non-hydrogen) atoms. The summed E-state index contributed by atoms with van der Waals surface area (Å²) in [6, 6.07) is 5.22. The van der Waals surface area contributed by atoms with Crippen molar-refractivity contribution < 1.29 is 23.4 Å². The molecule has 0 bridgehead atoms. The molecule has 2 atom stereocenters. The van der Waals surface area contributed by atoms with Crippen molar-refractivity contribution in [2.45, 2.75) is 45.9 Å². The number of para-hydroxylation sites is 1. The highest BCUT2D eigenvalue weighted by molar-refractivity contribution is 5.73. The van der Waals surface area contributed by atoms with Crippen LogP contribution in [0.4, 0.5) is 8.78 Å². The number of carboxylic acid groups (broad SMARTS) is 1. The van der Waals surface area contributed by atoms with E-state index in [0.29, 0.717) is 12.0 Å². The van der Waals surface area contributed by atoms with E-state index in [2.05, 4.69) is 10.1 Å². The molecule has 0 amide bonds. The minimum absolute atomic E-state index is 0.0567. The number of rotatable bonds is 8. The Labute approximate surface area is 123 Å². The van der Waals surface area contributed by atoms with Crippen molar-refractivity contribution in [2.75, 3.05) is 0 Å². The minimum atomic E-state index is -2.91. The highest BCUT2D eigenvalue weighted by Crippen LogP contribution is 2.27. The lowest BCUT2D eigenvalue weighted by atomic mass is 10.0. The van der Waals surface area contributed by atoms with E-state index in [1.54, 1.807) is 25.1 Å². The van der Waals surface area contributed by atoms with Crippen LogP contribution in [0.3, 0.4) is 0 Å². The lowest BCUT2D eigenvalue weighted by Crippen LogP contribution is -2.39. The lowest BCUT2D eigenvalue weighted by molar-refractivity contribution is -0.140. The molecule has 1 aromatic rings. The summed E-state index contributed by atoms with van der Waals surface area (Å²) in [4.78, 5) is 11.3. The summed E-state index contributed by atoms with van der Waals surface area (Å²) in [5.74, 6) is -0.692. The molecule has 0 saturated carbocycles. The summed E-state index contributed by atoms with van der Waals surface area (Å²) in [6.07, 6.45) is 0.456. The van der Waals surface area contributed by atoms with Gasteiger partial charge >= 0.3 is 12.6 Å². The van der Waals surface area contributed by atoms with Crippen molar-refractivity contribution in [1.29, 1.82) is 0 Å². The SMILES string of the molecule is CC(C)CC(NC(C)c1ccccc1OC(F)F)C(=O)O. The van der Waals surface area contributed by atoms with Crippen molar-refractivity contribution in [3.8, 4) is 5.75 Å². The normalized spacial score (nSPS) is 14.2. The number of alkyl halides is 2. The van der Waals surface area contributed by atoms with Crippen LogP contribution in [0.25, 0.3) is 0 Å². The van der Waals surface area contributed by atoms with Crippen LogP contribution in [-0.4, -0.2) is 23.7 Å². The number of halogens is 2. The molecule has 0 aliphatic rings. The molecule has 4 nitrogen and oxygen atoms in total. The molecule has 0 spiro atoms. The zero-order valence-electron chi connectivity index (χ0n) is 12.3. The Hall–Kier alpha value is -1.69. The van der Waals surface area contributed by atoms with Gasteiger partial charge in [-0.15, -0.1) is 0 Å². The van der Waals surface area contributed by atoms with E-state index in [-0.39, 0.29) is 11.7 Å².